The minimum atomic E-state index is -0.596. The van der Waals surface area contributed by atoms with Gasteiger partial charge in [-0.15, -0.1) is 5.10 Å². The van der Waals surface area contributed by atoms with E-state index in [-0.39, 0.29) is 0 Å². The fourth-order valence-corrected chi connectivity index (χ4v) is 3.29. The highest BCUT2D eigenvalue weighted by molar-refractivity contribution is 5.49. The van der Waals surface area contributed by atoms with Crippen molar-refractivity contribution < 1.29 is 8.81 Å². The minimum absolute atomic E-state index is 0.381. The zero-order chi connectivity index (χ0) is 14.2. The van der Waals surface area contributed by atoms with E-state index in [1.807, 2.05) is 0 Å². The van der Waals surface area contributed by atoms with E-state index in [0.29, 0.717) is 23.6 Å². The van der Waals surface area contributed by atoms with Crippen molar-refractivity contribution in [1.29, 1.82) is 0 Å². The summed E-state index contributed by atoms with van der Waals surface area (Å²) in [4.78, 5) is 4.69. The Morgan fingerprint density at radius 3 is 2.86 bits per heavy atom. The molecule has 3 aliphatic rings. The second kappa shape index (κ2) is 5.14. The van der Waals surface area contributed by atoms with Crippen LogP contribution in [0.4, 0.5) is 10.4 Å². The second-order valence-corrected chi connectivity index (χ2v) is 5.64. The molecule has 0 saturated carbocycles. The van der Waals surface area contributed by atoms with Crippen molar-refractivity contribution in [2.45, 2.75) is 25.7 Å². The fourth-order valence-electron chi connectivity index (χ4n) is 3.29. The number of aromatic nitrogens is 3. The van der Waals surface area contributed by atoms with Crippen molar-refractivity contribution in [3.05, 3.63) is 18.3 Å². The lowest BCUT2D eigenvalue weighted by Gasteiger charge is -2.29. The number of piperidine rings is 1. The molecule has 0 aromatic carbocycles. The molecular formula is C14H18FN5O. The molecule has 7 heteroatoms. The summed E-state index contributed by atoms with van der Waals surface area (Å²) >= 11 is 0. The predicted octanol–water partition coefficient (Wildman–Crippen LogP) is 1.75. The Hall–Kier alpha value is -1.89. The third-order valence-electron chi connectivity index (χ3n) is 4.49. The maximum Gasteiger partial charge on any atom is 0.318 e. The van der Waals surface area contributed by atoms with Crippen molar-refractivity contribution in [3.8, 4) is 11.6 Å². The van der Waals surface area contributed by atoms with Crippen LogP contribution in [-0.2, 0) is 6.80 Å². The van der Waals surface area contributed by atoms with E-state index >= 15 is 0 Å². The topological polar surface area (TPSA) is 50.3 Å². The number of anilines is 1. The van der Waals surface area contributed by atoms with Gasteiger partial charge >= 0.3 is 6.01 Å². The van der Waals surface area contributed by atoms with E-state index in [2.05, 4.69) is 20.0 Å². The molecule has 2 aromatic heterocycles. The van der Waals surface area contributed by atoms with Gasteiger partial charge in [0.15, 0.2) is 6.80 Å². The standard InChI is InChI=1S/C14H18FN5O/c15-10-19-5-1-2-12(19)13-16-17-14(21-13)20-9-8-18-6-3-11(20)4-7-18/h1-2,5,11H,3-4,6-10H2/i15-1. The first kappa shape index (κ1) is 12.8. The van der Waals surface area contributed by atoms with Gasteiger partial charge in [0, 0.05) is 38.4 Å². The molecule has 0 radical (unpaired) electrons. The number of hydrogen-bond acceptors (Lipinski definition) is 5. The van der Waals surface area contributed by atoms with Gasteiger partial charge in [-0.2, -0.15) is 0 Å². The zero-order valence-corrected chi connectivity index (χ0v) is 11.8. The quantitative estimate of drug-likeness (QED) is 0.862. The fraction of sp³-hybridized carbons (Fsp3) is 0.571. The lowest BCUT2D eigenvalue weighted by atomic mass is 10.1. The Kier molecular flexibility index (Phi) is 3.14. The number of nitrogens with zero attached hydrogens (tertiary/aromatic N) is 5. The molecule has 0 N–H and O–H groups in total. The molecular weight excluding hydrogens is 272 g/mol. The molecule has 0 aliphatic carbocycles. The number of fused-ring (bicyclic) bond motifs is 4. The van der Waals surface area contributed by atoms with Gasteiger partial charge in [0.2, 0.25) is 0 Å². The van der Waals surface area contributed by atoms with Crippen LogP contribution in [0.2, 0.25) is 0 Å². The van der Waals surface area contributed by atoms with Crippen molar-refractivity contribution in [1.82, 2.24) is 19.7 Å². The van der Waals surface area contributed by atoms with Gasteiger partial charge in [-0.3, -0.25) is 0 Å². The number of hydrogen-bond donors (Lipinski definition) is 0. The molecule has 21 heavy (non-hydrogen) atoms. The van der Waals surface area contributed by atoms with Crippen molar-refractivity contribution in [2.24, 2.45) is 0 Å². The van der Waals surface area contributed by atoms with E-state index in [0.717, 1.165) is 39.0 Å². The summed E-state index contributed by atoms with van der Waals surface area (Å²) in [5.41, 5.74) is 0.624. The average molecular weight is 290 g/mol. The highest BCUT2D eigenvalue weighted by atomic mass is 18.2. The Morgan fingerprint density at radius 2 is 2.05 bits per heavy atom. The van der Waals surface area contributed by atoms with Gasteiger partial charge in [0.1, 0.15) is 5.69 Å². The van der Waals surface area contributed by atoms with Crippen molar-refractivity contribution in [2.75, 3.05) is 31.1 Å². The van der Waals surface area contributed by atoms with Crippen LogP contribution in [0.5, 0.6) is 0 Å². The highest BCUT2D eigenvalue weighted by Crippen LogP contribution is 2.28. The van der Waals surface area contributed by atoms with Crippen LogP contribution in [0.15, 0.2) is 22.7 Å². The molecule has 5 heterocycles. The number of rotatable bonds is 3. The van der Waals surface area contributed by atoms with Gasteiger partial charge in [-0.1, -0.05) is 5.10 Å². The summed E-state index contributed by atoms with van der Waals surface area (Å²) in [7, 11) is 0. The molecule has 3 aliphatic heterocycles. The molecule has 112 valence electrons. The molecule has 3 fully saturated rings. The molecule has 0 unspecified atom stereocenters. The number of alkyl halides is 1. The zero-order valence-electron chi connectivity index (χ0n) is 11.8. The molecule has 2 bridgehead atoms. The summed E-state index contributed by atoms with van der Waals surface area (Å²) in [6, 6.07) is 4.60. The number of halogens is 1. The van der Waals surface area contributed by atoms with Crippen LogP contribution < -0.4 is 4.90 Å². The summed E-state index contributed by atoms with van der Waals surface area (Å²) in [5, 5.41) is 8.28. The van der Waals surface area contributed by atoms with Crippen LogP contribution in [0.25, 0.3) is 11.6 Å². The molecule has 5 rings (SSSR count). The van der Waals surface area contributed by atoms with Crippen molar-refractivity contribution >= 4 is 6.01 Å². The Labute approximate surface area is 122 Å². The molecule has 0 atom stereocenters. The largest absolute Gasteiger partial charge is 0.402 e. The van der Waals surface area contributed by atoms with Gasteiger partial charge < -0.3 is 18.8 Å². The molecule has 3 saturated heterocycles. The monoisotopic (exact) mass is 290 g/mol. The summed E-state index contributed by atoms with van der Waals surface area (Å²) in [5.74, 6) is 0.381. The normalized spacial score (nSPS) is 25.3. The summed E-state index contributed by atoms with van der Waals surface area (Å²) in [6.07, 6.45) is 3.94. The van der Waals surface area contributed by atoms with E-state index in [1.54, 1.807) is 18.3 Å². The van der Waals surface area contributed by atoms with Gasteiger partial charge in [-0.05, 0) is 25.0 Å². The van der Waals surface area contributed by atoms with E-state index in [4.69, 9.17) is 4.42 Å². The van der Waals surface area contributed by atoms with E-state index in [9.17, 15) is 4.39 Å². The van der Waals surface area contributed by atoms with Crippen LogP contribution in [-0.4, -0.2) is 51.9 Å². The molecule has 0 spiro atoms. The van der Waals surface area contributed by atoms with E-state index < -0.39 is 6.80 Å². The first-order chi connectivity index (χ1) is 10.3. The van der Waals surface area contributed by atoms with Crippen LogP contribution in [0, 0.1) is 0 Å². The van der Waals surface area contributed by atoms with Crippen LogP contribution >= 0.6 is 0 Å². The third-order valence-corrected chi connectivity index (χ3v) is 4.49. The second-order valence-electron chi connectivity index (χ2n) is 5.64. The smallest absolute Gasteiger partial charge is 0.318 e. The first-order valence-electron chi connectivity index (χ1n) is 7.39. The molecule has 0 amide bonds. The van der Waals surface area contributed by atoms with Gasteiger partial charge in [0.25, 0.3) is 5.89 Å². The van der Waals surface area contributed by atoms with Gasteiger partial charge in [-0.25, -0.2) is 4.39 Å². The SMILES string of the molecule is [18F]Cn1cccc1-c1nnc(N2CCN3CCC2CC3)o1. The Balaban J connectivity index is 1.62. The maximum atomic E-state index is 12.9. The molecule has 2 aromatic rings. The minimum Gasteiger partial charge on any atom is -0.402 e. The van der Waals surface area contributed by atoms with E-state index in [1.165, 1.54) is 4.57 Å². The first-order valence-corrected chi connectivity index (χ1v) is 7.39. The Morgan fingerprint density at radius 1 is 1.19 bits per heavy atom. The van der Waals surface area contributed by atoms with Crippen molar-refractivity contribution in [3.63, 3.8) is 0 Å². The third kappa shape index (κ3) is 2.21. The highest BCUT2D eigenvalue weighted by Gasteiger charge is 2.32. The molecule has 6 nitrogen and oxygen atoms in total. The van der Waals surface area contributed by atoms with Crippen LogP contribution in [0.1, 0.15) is 12.8 Å². The summed E-state index contributed by atoms with van der Waals surface area (Å²) < 4.78 is 20.2. The summed E-state index contributed by atoms with van der Waals surface area (Å²) in [6.45, 7) is 3.65. The lowest BCUT2D eigenvalue weighted by molar-refractivity contribution is 0.249. The average Bonchev–Trinajstić information content (AvgIpc) is 3.09. The lowest BCUT2D eigenvalue weighted by Crippen LogP contribution is -2.38. The van der Waals surface area contributed by atoms with Crippen LogP contribution in [0.3, 0.4) is 0 Å². The predicted molar refractivity (Wildman–Crippen MR) is 75.6 cm³/mol. The Bertz CT molecular complexity index is 616. The van der Waals surface area contributed by atoms with Gasteiger partial charge in [0.05, 0.1) is 0 Å². The maximum absolute atomic E-state index is 12.9.